The Morgan fingerprint density at radius 1 is 0.667 bits per heavy atom. The van der Waals surface area contributed by atoms with Gasteiger partial charge in [0.05, 0.1) is 0 Å². The maximum absolute atomic E-state index is 8.30. The van der Waals surface area contributed by atoms with Crippen LogP contribution in [0.15, 0.2) is 0 Å². The Morgan fingerprint density at radius 2 is 1.00 bits per heavy atom. The van der Waals surface area contributed by atoms with Crippen LogP contribution in [0.1, 0.15) is 25.7 Å². The first-order valence-corrected chi connectivity index (χ1v) is 3.13. The van der Waals surface area contributed by atoms with Gasteiger partial charge in [0.2, 0.25) is 0 Å². The molecule has 2 N–H and O–H groups in total. The summed E-state index contributed by atoms with van der Waals surface area (Å²) < 4.78 is 0. The van der Waals surface area contributed by atoms with Crippen molar-refractivity contribution < 1.29 is 10.2 Å². The van der Waals surface area contributed by atoms with Gasteiger partial charge in [-0.1, -0.05) is 12.8 Å². The van der Waals surface area contributed by atoms with Crippen molar-refractivity contribution in [3.05, 3.63) is 0 Å². The van der Waals surface area contributed by atoms with Crippen LogP contribution in [-0.4, -0.2) is 53.0 Å². The second-order valence-corrected chi connectivity index (χ2v) is 1.86. The summed E-state index contributed by atoms with van der Waals surface area (Å²) in [6, 6.07) is 0. The van der Waals surface area contributed by atoms with Crippen molar-refractivity contribution in [2.75, 3.05) is 13.2 Å². The molecule has 0 saturated heterocycles. The van der Waals surface area contributed by atoms with Gasteiger partial charge in [-0.3, -0.25) is 0 Å². The summed E-state index contributed by atoms with van der Waals surface area (Å²) in [7, 11) is 0. The molecule has 0 amide bonds. The molecule has 0 aromatic carbocycles. The van der Waals surface area contributed by atoms with Crippen LogP contribution in [0.5, 0.6) is 0 Å². The zero-order valence-electron chi connectivity index (χ0n) is 6.14. The van der Waals surface area contributed by atoms with Crippen LogP contribution in [-0.2, 0) is 0 Å². The van der Waals surface area contributed by atoms with E-state index in [9.17, 15) is 0 Å². The van der Waals surface area contributed by atoms with Crippen LogP contribution in [0.4, 0.5) is 0 Å². The van der Waals surface area contributed by atoms with E-state index in [0.29, 0.717) is 0 Å². The second-order valence-electron chi connectivity index (χ2n) is 1.86. The van der Waals surface area contributed by atoms with E-state index in [-0.39, 0.29) is 42.8 Å². The molecule has 9 heavy (non-hydrogen) atoms. The normalized spacial score (nSPS) is 8.67. The Bertz CT molecular complexity index is 36.0. The van der Waals surface area contributed by atoms with Crippen LogP contribution in [0.3, 0.4) is 0 Å². The SMILES string of the molecule is OCCCCCCO.[Na]. The van der Waals surface area contributed by atoms with E-state index in [0.717, 1.165) is 25.7 Å². The van der Waals surface area contributed by atoms with E-state index in [1.807, 2.05) is 0 Å². The van der Waals surface area contributed by atoms with E-state index >= 15 is 0 Å². The molecule has 0 aromatic heterocycles. The molecular weight excluding hydrogens is 127 g/mol. The molecule has 0 heterocycles. The summed E-state index contributed by atoms with van der Waals surface area (Å²) in [5.41, 5.74) is 0. The maximum atomic E-state index is 8.30. The quantitative estimate of drug-likeness (QED) is 0.422. The molecule has 1 radical (unpaired) electrons. The Labute approximate surface area is 78.6 Å². The molecule has 0 aliphatic carbocycles. The predicted molar refractivity (Wildman–Crippen MR) is 38.4 cm³/mol. The summed E-state index contributed by atoms with van der Waals surface area (Å²) in [6.07, 6.45) is 3.83. The second kappa shape index (κ2) is 11.7. The predicted octanol–water partition coefficient (Wildman–Crippen LogP) is 0.151. The van der Waals surface area contributed by atoms with Crippen LogP contribution >= 0.6 is 0 Å². The summed E-state index contributed by atoms with van der Waals surface area (Å²) in [6.45, 7) is 0.566. The van der Waals surface area contributed by atoms with Gasteiger partial charge in [-0.25, -0.2) is 0 Å². The molecular formula is C6H14NaO2. The number of hydrogen-bond acceptors (Lipinski definition) is 2. The van der Waals surface area contributed by atoms with Crippen LogP contribution in [0, 0.1) is 0 Å². The van der Waals surface area contributed by atoms with E-state index < -0.39 is 0 Å². The van der Waals surface area contributed by atoms with Gasteiger partial charge in [0.15, 0.2) is 0 Å². The van der Waals surface area contributed by atoms with Crippen molar-refractivity contribution in [3.8, 4) is 0 Å². The summed E-state index contributed by atoms with van der Waals surface area (Å²) in [5, 5.41) is 16.6. The fourth-order valence-corrected chi connectivity index (χ4v) is 0.577. The van der Waals surface area contributed by atoms with Gasteiger partial charge >= 0.3 is 0 Å². The molecule has 2 nitrogen and oxygen atoms in total. The average molecular weight is 141 g/mol. The third-order valence-electron chi connectivity index (χ3n) is 1.07. The molecule has 0 aliphatic rings. The minimum atomic E-state index is 0. The van der Waals surface area contributed by atoms with E-state index in [4.69, 9.17) is 10.2 Å². The van der Waals surface area contributed by atoms with Gasteiger partial charge in [0.25, 0.3) is 0 Å². The fourth-order valence-electron chi connectivity index (χ4n) is 0.577. The first-order valence-electron chi connectivity index (χ1n) is 3.13. The molecule has 0 unspecified atom stereocenters. The minimum absolute atomic E-state index is 0. The Morgan fingerprint density at radius 3 is 1.22 bits per heavy atom. The van der Waals surface area contributed by atoms with Gasteiger partial charge in [-0.15, -0.1) is 0 Å². The monoisotopic (exact) mass is 141 g/mol. The van der Waals surface area contributed by atoms with Crippen molar-refractivity contribution in [2.24, 2.45) is 0 Å². The van der Waals surface area contributed by atoms with E-state index in [1.54, 1.807) is 0 Å². The Balaban J connectivity index is 0. The summed E-state index contributed by atoms with van der Waals surface area (Å²) >= 11 is 0. The number of aliphatic hydroxyl groups is 2. The minimum Gasteiger partial charge on any atom is -0.396 e. The molecule has 0 rings (SSSR count). The largest absolute Gasteiger partial charge is 0.396 e. The molecule has 0 bridgehead atoms. The van der Waals surface area contributed by atoms with Gasteiger partial charge in [0, 0.05) is 42.8 Å². The van der Waals surface area contributed by atoms with Crippen molar-refractivity contribution in [1.29, 1.82) is 0 Å². The third-order valence-corrected chi connectivity index (χ3v) is 1.07. The molecule has 0 atom stereocenters. The fraction of sp³-hybridized carbons (Fsp3) is 1.00. The maximum Gasteiger partial charge on any atom is 0.0431 e. The first-order chi connectivity index (χ1) is 3.91. The Kier molecular flexibility index (Phi) is 16.3. The molecule has 0 spiro atoms. The number of rotatable bonds is 5. The van der Waals surface area contributed by atoms with E-state index in [1.165, 1.54) is 0 Å². The van der Waals surface area contributed by atoms with Crippen molar-refractivity contribution in [2.45, 2.75) is 25.7 Å². The molecule has 3 heteroatoms. The molecule has 0 fully saturated rings. The number of aliphatic hydroxyl groups excluding tert-OH is 2. The van der Waals surface area contributed by atoms with E-state index in [2.05, 4.69) is 0 Å². The Hall–Kier alpha value is 0.920. The number of unbranched alkanes of at least 4 members (excludes halogenated alkanes) is 3. The zero-order valence-corrected chi connectivity index (χ0v) is 8.14. The zero-order chi connectivity index (χ0) is 6.24. The average Bonchev–Trinajstić information content (AvgIpc) is 1.81. The summed E-state index contributed by atoms with van der Waals surface area (Å²) in [4.78, 5) is 0. The third kappa shape index (κ3) is 12.2. The topological polar surface area (TPSA) is 40.5 Å². The molecule has 0 saturated carbocycles. The molecule has 0 aromatic rings. The standard InChI is InChI=1S/C6H14O2.Na/c7-5-3-1-2-4-6-8;/h7-8H,1-6H2;. The van der Waals surface area contributed by atoms with Gasteiger partial charge in [0.1, 0.15) is 0 Å². The first kappa shape index (κ1) is 12.6. The van der Waals surface area contributed by atoms with Gasteiger partial charge in [-0.2, -0.15) is 0 Å². The van der Waals surface area contributed by atoms with Gasteiger partial charge < -0.3 is 10.2 Å². The van der Waals surface area contributed by atoms with Crippen molar-refractivity contribution >= 4 is 29.6 Å². The van der Waals surface area contributed by atoms with Crippen LogP contribution in [0.25, 0.3) is 0 Å². The smallest absolute Gasteiger partial charge is 0.0431 e. The number of hydrogen-bond donors (Lipinski definition) is 2. The summed E-state index contributed by atoms with van der Waals surface area (Å²) in [5.74, 6) is 0. The molecule has 51 valence electrons. The van der Waals surface area contributed by atoms with Crippen molar-refractivity contribution in [3.63, 3.8) is 0 Å². The van der Waals surface area contributed by atoms with Crippen LogP contribution < -0.4 is 0 Å². The van der Waals surface area contributed by atoms with Crippen LogP contribution in [0.2, 0.25) is 0 Å². The van der Waals surface area contributed by atoms with Crippen molar-refractivity contribution in [1.82, 2.24) is 0 Å². The molecule has 0 aliphatic heterocycles. The van der Waals surface area contributed by atoms with Gasteiger partial charge in [-0.05, 0) is 12.8 Å².